The normalized spacial score (nSPS) is 15.0. The molecule has 1 fully saturated rings. The van der Waals surface area contributed by atoms with Gasteiger partial charge in [-0.1, -0.05) is 0 Å². The molecule has 1 saturated carbocycles. The minimum absolute atomic E-state index is 0.153. The smallest absolute Gasteiger partial charge is 0.270 e. The minimum Gasteiger partial charge on any atom is -0.351 e. The van der Waals surface area contributed by atoms with Crippen molar-refractivity contribution in [3.63, 3.8) is 0 Å². The van der Waals surface area contributed by atoms with Crippen LogP contribution in [0.25, 0.3) is 27.8 Å². The summed E-state index contributed by atoms with van der Waals surface area (Å²) in [5, 5.41) is 5.85. The number of amides is 1. The number of anilines is 1. The van der Waals surface area contributed by atoms with E-state index in [-0.39, 0.29) is 12.2 Å². The number of hydrogen-bond acceptors (Lipinski definition) is 5. The third-order valence-corrected chi connectivity index (χ3v) is 5.25. The van der Waals surface area contributed by atoms with Crippen LogP contribution in [0.15, 0.2) is 36.9 Å². The standard InChI is InChI=1S/C20H18F3N7O/c21-15(22)8-26-18(31)14-7-24-16-2-1-11(9-30(14)16)12-5-25-17-13(12)6-27-19(29-17)28-10-20(23)3-4-20/h1-2,5-7,9,15H,3-4,8,10H2,(H,26,31)(H2,25,27,28,29). The van der Waals surface area contributed by atoms with Crippen LogP contribution >= 0.6 is 0 Å². The lowest BCUT2D eigenvalue weighted by Gasteiger charge is -2.07. The summed E-state index contributed by atoms with van der Waals surface area (Å²) in [4.78, 5) is 28.1. The van der Waals surface area contributed by atoms with Crippen molar-refractivity contribution in [3.8, 4) is 11.1 Å². The Kier molecular flexibility index (Phi) is 4.53. The van der Waals surface area contributed by atoms with Gasteiger partial charge in [-0.15, -0.1) is 0 Å². The van der Waals surface area contributed by atoms with Gasteiger partial charge in [0.25, 0.3) is 12.3 Å². The highest BCUT2D eigenvalue weighted by atomic mass is 19.3. The van der Waals surface area contributed by atoms with Crippen LogP contribution in [0.4, 0.5) is 19.1 Å². The summed E-state index contributed by atoms with van der Waals surface area (Å²) in [6.45, 7) is -0.550. The van der Waals surface area contributed by atoms with Crippen molar-refractivity contribution in [3.05, 3.63) is 42.6 Å². The number of H-pyrrole nitrogens is 1. The SMILES string of the molecule is O=C(NCC(F)F)c1cnc2ccc(-c3c[nH]c4nc(NCC5(F)CC5)ncc34)cn12. The van der Waals surface area contributed by atoms with Crippen molar-refractivity contribution in [2.24, 2.45) is 0 Å². The molecule has 3 N–H and O–H groups in total. The molecule has 0 spiro atoms. The number of nitrogens with zero attached hydrogens (tertiary/aromatic N) is 4. The molecule has 5 rings (SSSR count). The van der Waals surface area contributed by atoms with Crippen molar-refractivity contribution in [1.29, 1.82) is 0 Å². The zero-order valence-electron chi connectivity index (χ0n) is 16.2. The zero-order valence-corrected chi connectivity index (χ0v) is 16.2. The molecule has 11 heteroatoms. The summed E-state index contributed by atoms with van der Waals surface area (Å²) in [5.74, 6) is -0.294. The molecule has 160 valence electrons. The van der Waals surface area contributed by atoms with Gasteiger partial charge in [-0.05, 0) is 25.0 Å². The van der Waals surface area contributed by atoms with Crippen LogP contribution < -0.4 is 10.6 Å². The van der Waals surface area contributed by atoms with Gasteiger partial charge in [0.2, 0.25) is 5.95 Å². The van der Waals surface area contributed by atoms with E-state index in [2.05, 4.69) is 30.6 Å². The average Bonchev–Trinajstić information content (AvgIpc) is 3.17. The largest absolute Gasteiger partial charge is 0.351 e. The second-order valence-corrected chi connectivity index (χ2v) is 7.55. The fourth-order valence-electron chi connectivity index (χ4n) is 3.35. The van der Waals surface area contributed by atoms with E-state index in [0.29, 0.717) is 30.1 Å². The molecule has 1 aliphatic rings. The number of nitrogens with one attached hydrogen (secondary N) is 3. The van der Waals surface area contributed by atoms with Crippen molar-refractivity contribution in [2.45, 2.75) is 24.9 Å². The summed E-state index contributed by atoms with van der Waals surface area (Å²) >= 11 is 0. The number of aromatic nitrogens is 5. The van der Waals surface area contributed by atoms with Gasteiger partial charge in [0.1, 0.15) is 22.7 Å². The molecule has 4 aromatic heterocycles. The maximum absolute atomic E-state index is 13.8. The van der Waals surface area contributed by atoms with Gasteiger partial charge in [-0.2, -0.15) is 4.98 Å². The van der Waals surface area contributed by atoms with E-state index in [0.717, 1.165) is 16.5 Å². The summed E-state index contributed by atoms with van der Waals surface area (Å²) in [5.41, 5.74) is 1.63. The predicted molar refractivity (Wildman–Crippen MR) is 108 cm³/mol. The Hall–Kier alpha value is -3.63. The molecule has 4 heterocycles. The lowest BCUT2D eigenvalue weighted by atomic mass is 10.1. The molecule has 1 amide bonds. The second-order valence-electron chi connectivity index (χ2n) is 7.55. The van der Waals surface area contributed by atoms with Gasteiger partial charge >= 0.3 is 0 Å². The number of carbonyl (C=O) groups excluding carboxylic acids is 1. The van der Waals surface area contributed by atoms with Gasteiger partial charge in [0, 0.05) is 35.1 Å². The molecule has 0 saturated heterocycles. The van der Waals surface area contributed by atoms with Crippen molar-refractivity contribution in [2.75, 3.05) is 18.4 Å². The number of halogens is 3. The van der Waals surface area contributed by atoms with Gasteiger partial charge in [-0.25, -0.2) is 23.1 Å². The van der Waals surface area contributed by atoms with Gasteiger partial charge in [0.05, 0.1) is 19.3 Å². The molecule has 4 aromatic rings. The van der Waals surface area contributed by atoms with E-state index >= 15 is 0 Å². The summed E-state index contributed by atoms with van der Waals surface area (Å²) < 4.78 is 40.2. The van der Waals surface area contributed by atoms with Crippen LogP contribution in [0.3, 0.4) is 0 Å². The highest BCUT2D eigenvalue weighted by molar-refractivity contribution is 5.95. The number of hydrogen-bond donors (Lipinski definition) is 3. The fourth-order valence-corrected chi connectivity index (χ4v) is 3.35. The molecule has 0 aliphatic heterocycles. The Labute approximate surface area is 173 Å². The van der Waals surface area contributed by atoms with Crippen LogP contribution in [-0.4, -0.2) is 55.4 Å². The molecule has 0 bridgehead atoms. The van der Waals surface area contributed by atoms with E-state index in [1.54, 1.807) is 29.1 Å². The van der Waals surface area contributed by atoms with Crippen molar-refractivity contribution >= 4 is 28.5 Å². The third kappa shape index (κ3) is 3.78. The van der Waals surface area contributed by atoms with E-state index in [1.807, 2.05) is 6.07 Å². The van der Waals surface area contributed by atoms with Crippen LogP contribution in [0, 0.1) is 0 Å². The van der Waals surface area contributed by atoms with E-state index in [1.165, 1.54) is 6.20 Å². The van der Waals surface area contributed by atoms with Gasteiger partial charge in [-0.3, -0.25) is 9.20 Å². The predicted octanol–water partition coefficient (Wildman–Crippen LogP) is 3.18. The highest BCUT2D eigenvalue weighted by Gasteiger charge is 2.43. The van der Waals surface area contributed by atoms with E-state index in [4.69, 9.17) is 0 Å². The molecule has 31 heavy (non-hydrogen) atoms. The first-order chi connectivity index (χ1) is 14.9. The van der Waals surface area contributed by atoms with Gasteiger partial charge < -0.3 is 15.6 Å². The van der Waals surface area contributed by atoms with Crippen LogP contribution in [0.5, 0.6) is 0 Å². The molecule has 0 unspecified atom stereocenters. The molecule has 0 atom stereocenters. The topological polar surface area (TPSA) is 100 Å². The first-order valence-corrected chi connectivity index (χ1v) is 9.73. The zero-order chi connectivity index (χ0) is 21.6. The second kappa shape index (κ2) is 7.25. The lowest BCUT2D eigenvalue weighted by Crippen LogP contribution is -2.29. The van der Waals surface area contributed by atoms with Crippen LogP contribution in [0.2, 0.25) is 0 Å². The number of alkyl halides is 3. The Morgan fingerprint density at radius 2 is 2.10 bits per heavy atom. The Morgan fingerprint density at radius 3 is 2.87 bits per heavy atom. The number of rotatable bonds is 7. The van der Waals surface area contributed by atoms with E-state index in [9.17, 15) is 18.0 Å². The maximum Gasteiger partial charge on any atom is 0.270 e. The van der Waals surface area contributed by atoms with Crippen LogP contribution in [-0.2, 0) is 0 Å². The Bertz CT molecular complexity index is 1280. The number of aromatic amines is 1. The molecule has 8 nitrogen and oxygen atoms in total. The first kappa shape index (κ1) is 19.3. The fraction of sp³-hybridized carbons (Fsp3) is 0.300. The highest BCUT2D eigenvalue weighted by Crippen LogP contribution is 2.39. The van der Waals surface area contributed by atoms with Crippen LogP contribution in [0.1, 0.15) is 23.3 Å². The number of imidazole rings is 1. The molecule has 1 aliphatic carbocycles. The molecular formula is C20H18F3N7O. The molecular weight excluding hydrogens is 411 g/mol. The summed E-state index contributed by atoms with van der Waals surface area (Å²) in [6, 6.07) is 3.56. The summed E-state index contributed by atoms with van der Waals surface area (Å²) in [6.07, 6.45) is 4.91. The molecule has 0 radical (unpaired) electrons. The Balaban J connectivity index is 1.44. The van der Waals surface area contributed by atoms with Crippen molar-refractivity contribution < 1.29 is 18.0 Å². The number of carbonyl (C=O) groups is 1. The van der Waals surface area contributed by atoms with Gasteiger partial charge in [0.15, 0.2) is 0 Å². The van der Waals surface area contributed by atoms with Crippen molar-refractivity contribution in [1.82, 2.24) is 29.7 Å². The summed E-state index contributed by atoms with van der Waals surface area (Å²) in [7, 11) is 0. The third-order valence-electron chi connectivity index (χ3n) is 5.25. The number of pyridine rings is 1. The van der Waals surface area contributed by atoms with E-state index < -0.39 is 24.5 Å². The first-order valence-electron chi connectivity index (χ1n) is 9.73. The molecule has 0 aromatic carbocycles. The Morgan fingerprint density at radius 1 is 1.26 bits per heavy atom. The average molecular weight is 429 g/mol. The minimum atomic E-state index is -2.64. The monoisotopic (exact) mass is 429 g/mol. The maximum atomic E-state index is 13.8. The quantitative estimate of drug-likeness (QED) is 0.419. The number of fused-ring (bicyclic) bond motifs is 2. The lowest BCUT2D eigenvalue weighted by molar-refractivity contribution is 0.0886.